The van der Waals surface area contributed by atoms with Crippen LogP contribution in [0.5, 0.6) is 5.75 Å². The third kappa shape index (κ3) is 2.71. The zero-order valence-corrected chi connectivity index (χ0v) is 10.3. The van der Waals surface area contributed by atoms with Gasteiger partial charge in [0.25, 0.3) is 5.91 Å². The number of aromatic hydroxyl groups is 1. The summed E-state index contributed by atoms with van der Waals surface area (Å²) in [5.41, 5.74) is 1.02. The Morgan fingerprint density at radius 1 is 1.28 bits per heavy atom. The molecule has 0 saturated carbocycles. The Balaban J connectivity index is 1.93. The van der Waals surface area contributed by atoms with E-state index >= 15 is 0 Å². The smallest absolute Gasteiger partial charge is 0.255 e. The Morgan fingerprint density at radius 2 is 2.00 bits per heavy atom. The summed E-state index contributed by atoms with van der Waals surface area (Å²) in [5, 5.41) is 12.6. The van der Waals surface area contributed by atoms with Crippen molar-refractivity contribution in [2.24, 2.45) is 0 Å². The first-order valence-electron chi connectivity index (χ1n) is 5.86. The monoisotopic (exact) mass is 244 g/mol. The lowest BCUT2D eigenvalue weighted by Crippen LogP contribution is -2.27. The SMILES string of the molecule is Cc1cccc(C(=O)NCCn2cccc2)c1O. The summed E-state index contributed by atoms with van der Waals surface area (Å²) in [6, 6.07) is 9.03. The van der Waals surface area contributed by atoms with Gasteiger partial charge in [-0.25, -0.2) is 0 Å². The Kier molecular flexibility index (Phi) is 3.67. The second-order valence-electron chi connectivity index (χ2n) is 4.15. The molecule has 0 spiro atoms. The van der Waals surface area contributed by atoms with Crippen LogP contribution < -0.4 is 5.32 Å². The van der Waals surface area contributed by atoms with Crippen molar-refractivity contribution < 1.29 is 9.90 Å². The standard InChI is InChI=1S/C14H16N2O2/c1-11-5-4-6-12(13(11)17)14(18)15-7-10-16-8-2-3-9-16/h2-6,8-9,17H,7,10H2,1H3,(H,15,18). The summed E-state index contributed by atoms with van der Waals surface area (Å²) in [7, 11) is 0. The molecule has 18 heavy (non-hydrogen) atoms. The van der Waals surface area contributed by atoms with Crippen molar-refractivity contribution in [1.82, 2.24) is 9.88 Å². The maximum Gasteiger partial charge on any atom is 0.255 e. The van der Waals surface area contributed by atoms with Crippen LogP contribution in [-0.2, 0) is 6.54 Å². The highest BCUT2D eigenvalue weighted by Gasteiger charge is 2.11. The maximum absolute atomic E-state index is 11.9. The number of nitrogens with one attached hydrogen (secondary N) is 1. The quantitative estimate of drug-likeness (QED) is 0.863. The minimum atomic E-state index is -0.247. The van der Waals surface area contributed by atoms with Gasteiger partial charge in [-0.1, -0.05) is 12.1 Å². The molecule has 2 aromatic rings. The molecule has 1 aromatic carbocycles. The first kappa shape index (κ1) is 12.2. The molecule has 0 unspecified atom stereocenters. The number of aromatic nitrogens is 1. The van der Waals surface area contributed by atoms with Crippen molar-refractivity contribution in [3.8, 4) is 5.75 Å². The summed E-state index contributed by atoms with van der Waals surface area (Å²) in [6.45, 7) is 3.01. The highest BCUT2D eigenvalue weighted by atomic mass is 16.3. The number of rotatable bonds is 4. The minimum Gasteiger partial charge on any atom is -0.507 e. The summed E-state index contributed by atoms with van der Waals surface area (Å²) in [6.07, 6.45) is 3.88. The van der Waals surface area contributed by atoms with Crippen LogP contribution in [-0.4, -0.2) is 22.1 Å². The highest BCUT2D eigenvalue weighted by molar-refractivity contribution is 5.97. The lowest BCUT2D eigenvalue weighted by molar-refractivity contribution is 0.0949. The van der Waals surface area contributed by atoms with Gasteiger partial charge in [-0.15, -0.1) is 0 Å². The van der Waals surface area contributed by atoms with E-state index in [1.165, 1.54) is 0 Å². The number of carbonyl (C=O) groups excluding carboxylic acids is 1. The Bertz CT molecular complexity index is 533. The fourth-order valence-electron chi connectivity index (χ4n) is 1.76. The number of phenolic OH excluding ortho intramolecular Hbond substituents is 1. The molecular weight excluding hydrogens is 228 g/mol. The molecule has 0 bridgehead atoms. The number of aryl methyl sites for hydroxylation is 1. The van der Waals surface area contributed by atoms with E-state index < -0.39 is 0 Å². The van der Waals surface area contributed by atoms with E-state index in [9.17, 15) is 9.90 Å². The first-order valence-corrected chi connectivity index (χ1v) is 5.86. The molecule has 4 heteroatoms. The fourth-order valence-corrected chi connectivity index (χ4v) is 1.76. The lowest BCUT2D eigenvalue weighted by Gasteiger charge is -2.08. The molecule has 0 radical (unpaired) electrons. The molecule has 1 heterocycles. The number of hydrogen-bond acceptors (Lipinski definition) is 2. The Hall–Kier alpha value is -2.23. The molecule has 94 valence electrons. The number of carbonyl (C=O) groups is 1. The van der Waals surface area contributed by atoms with Gasteiger partial charge in [-0.3, -0.25) is 4.79 Å². The van der Waals surface area contributed by atoms with Crippen LogP contribution >= 0.6 is 0 Å². The lowest BCUT2D eigenvalue weighted by atomic mass is 10.1. The van der Waals surface area contributed by atoms with E-state index in [0.29, 0.717) is 24.2 Å². The van der Waals surface area contributed by atoms with Gasteiger partial charge in [0.1, 0.15) is 5.75 Å². The summed E-state index contributed by atoms with van der Waals surface area (Å²) >= 11 is 0. The molecule has 1 amide bonds. The van der Waals surface area contributed by atoms with E-state index in [0.717, 1.165) is 0 Å². The zero-order valence-electron chi connectivity index (χ0n) is 10.3. The van der Waals surface area contributed by atoms with Gasteiger partial charge in [0.05, 0.1) is 5.56 Å². The van der Waals surface area contributed by atoms with Crippen molar-refractivity contribution >= 4 is 5.91 Å². The van der Waals surface area contributed by atoms with Crippen molar-refractivity contribution in [1.29, 1.82) is 0 Å². The third-order valence-corrected chi connectivity index (χ3v) is 2.80. The number of para-hydroxylation sites is 1. The summed E-state index contributed by atoms with van der Waals surface area (Å²) in [5.74, 6) is -0.195. The van der Waals surface area contributed by atoms with Crippen LogP contribution in [0.3, 0.4) is 0 Å². The summed E-state index contributed by atoms with van der Waals surface area (Å²) in [4.78, 5) is 11.9. The number of benzene rings is 1. The normalized spacial score (nSPS) is 10.3. The van der Waals surface area contributed by atoms with Gasteiger partial charge in [-0.2, -0.15) is 0 Å². The van der Waals surface area contributed by atoms with Crippen LogP contribution in [0, 0.1) is 6.92 Å². The predicted octanol–water partition coefficient (Wildman–Crippen LogP) is 1.93. The van der Waals surface area contributed by atoms with Gasteiger partial charge < -0.3 is 15.0 Å². The molecule has 1 aromatic heterocycles. The number of phenols is 1. The predicted molar refractivity (Wildman–Crippen MR) is 69.6 cm³/mol. The van der Waals surface area contributed by atoms with Gasteiger partial charge >= 0.3 is 0 Å². The first-order chi connectivity index (χ1) is 8.68. The molecule has 0 fully saturated rings. The molecular formula is C14H16N2O2. The Morgan fingerprint density at radius 3 is 2.72 bits per heavy atom. The second kappa shape index (κ2) is 5.40. The largest absolute Gasteiger partial charge is 0.507 e. The van der Waals surface area contributed by atoms with Crippen LogP contribution in [0.25, 0.3) is 0 Å². The topological polar surface area (TPSA) is 54.3 Å². The van der Waals surface area contributed by atoms with Crippen molar-refractivity contribution in [2.75, 3.05) is 6.54 Å². The Labute approximate surface area is 106 Å². The van der Waals surface area contributed by atoms with E-state index in [2.05, 4.69) is 5.32 Å². The van der Waals surface area contributed by atoms with Crippen LogP contribution in [0.4, 0.5) is 0 Å². The number of amides is 1. The van der Waals surface area contributed by atoms with Gasteiger partial charge in [-0.05, 0) is 30.7 Å². The molecule has 0 aliphatic rings. The maximum atomic E-state index is 11.9. The molecule has 4 nitrogen and oxygen atoms in total. The molecule has 2 rings (SSSR count). The number of nitrogens with zero attached hydrogens (tertiary/aromatic N) is 1. The average Bonchev–Trinajstić information content (AvgIpc) is 2.85. The second-order valence-corrected chi connectivity index (χ2v) is 4.15. The van der Waals surface area contributed by atoms with Crippen molar-refractivity contribution in [2.45, 2.75) is 13.5 Å². The third-order valence-electron chi connectivity index (χ3n) is 2.80. The van der Waals surface area contributed by atoms with E-state index in [1.54, 1.807) is 25.1 Å². The molecule has 2 N–H and O–H groups in total. The zero-order chi connectivity index (χ0) is 13.0. The van der Waals surface area contributed by atoms with Gasteiger partial charge in [0.15, 0.2) is 0 Å². The van der Waals surface area contributed by atoms with E-state index in [-0.39, 0.29) is 11.7 Å². The number of hydrogen-bond donors (Lipinski definition) is 2. The van der Waals surface area contributed by atoms with E-state index in [1.807, 2.05) is 29.1 Å². The van der Waals surface area contributed by atoms with Crippen LogP contribution in [0.2, 0.25) is 0 Å². The van der Waals surface area contributed by atoms with Crippen LogP contribution in [0.1, 0.15) is 15.9 Å². The summed E-state index contributed by atoms with van der Waals surface area (Å²) < 4.78 is 1.98. The van der Waals surface area contributed by atoms with Crippen molar-refractivity contribution in [3.05, 3.63) is 53.9 Å². The van der Waals surface area contributed by atoms with Crippen LogP contribution in [0.15, 0.2) is 42.7 Å². The molecule has 0 saturated heterocycles. The minimum absolute atomic E-state index is 0.0518. The average molecular weight is 244 g/mol. The van der Waals surface area contributed by atoms with Gasteiger partial charge in [0, 0.05) is 25.5 Å². The van der Waals surface area contributed by atoms with E-state index in [4.69, 9.17) is 0 Å². The molecule has 0 atom stereocenters. The van der Waals surface area contributed by atoms with Crippen molar-refractivity contribution in [3.63, 3.8) is 0 Å². The highest BCUT2D eigenvalue weighted by Crippen LogP contribution is 2.20. The van der Waals surface area contributed by atoms with Gasteiger partial charge in [0.2, 0.25) is 0 Å². The molecule has 0 aliphatic carbocycles. The molecule has 0 aliphatic heterocycles. The fraction of sp³-hybridized carbons (Fsp3) is 0.214.